The van der Waals surface area contributed by atoms with Gasteiger partial charge in [0.05, 0.1) is 43.0 Å². The van der Waals surface area contributed by atoms with Crippen LogP contribution in [-0.4, -0.2) is 78.0 Å². The van der Waals surface area contributed by atoms with Gasteiger partial charge in [-0.1, -0.05) is 6.07 Å². The zero-order valence-corrected chi connectivity index (χ0v) is 23.4. The molecule has 3 aromatic rings. The van der Waals surface area contributed by atoms with Gasteiger partial charge in [-0.2, -0.15) is 9.57 Å². The maximum atomic E-state index is 14.2. The molecule has 12 heteroatoms. The minimum atomic E-state index is -3.95. The van der Waals surface area contributed by atoms with E-state index < -0.39 is 16.1 Å². The number of hydrogen-bond donors (Lipinski definition) is 1. The largest absolute Gasteiger partial charge is 0.453 e. The predicted octanol–water partition coefficient (Wildman–Crippen LogP) is 3.34. The number of amides is 1. The number of carbonyl (C=O) groups is 1. The standard InChI is InChI=1S/C28H33N7O4S/c1-20(25-16-30-19-32-25)34-18-24(14-23-13-22(15-29)6-7-26(23)34)35(40(37,38)27-5-3-4-10-31-27)17-21-8-11-33(12-9-21)28(36)39-2/h3-7,10,13,16,19-21,24H,8-9,11-12,14,17-18H2,1-2H3,(H,30,32). The Labute approximate surface area is 234 Å². The number of hydrogen-bond acceptors (Lipinski definition) is 8. The fourth-order valence-corrected chi connectivity index (χ4v) is 7.34. The average molecular weight is 564 g/mol. The van der Waals surface area contributed by atoms with E-state index in [4.69, 9.17) is 4.74 Å². The number of rotatable bonds is 7. The molecule has 1 saturated heterocycles. The number of imidazole rings is 1. The van der Waals surface area contributed by atoms with Gasteiger partial charge in [-0.25, -0.2) is 23.2 Å². The van der Waals surface area contributed by atoms with Gasteiger partial charge in [0.15, 0.2) is 5.03 Å². The summed E-state index contributed by atoms with van der Waals surface area (Å²) < 4.78 is 34.8. The van der Waals surface area contributed by atoms with Gasteiger partial charge in [-0.15, -0.1) is 0 Å². The van der Waals surface area contributed by atoms with Crippen molar-refractivity contribution in [2.75, 3.05) is 38.2 Å². The lowest BCUT2D eigenvalue weighted by Gasteiger charge is -2.44. The van der Waals surface area contributed by atoms with Gasteiger partial charge in [-0.05, 0) is 68.0 Å². The van der Waals surface area contributed by atoms with E-state index in [9.17, 15) is 18.5 Å². The SMILES string of the molecule is COC(=O)N1CCC(CN(C2Cc3cc(C#N)ccc3N(C(C)c3cnc[nH]3)C2)S(=O)(=O)c2ccccn2)CC1. The van der Waals surface area contributed by atoms with E-state index in [0.29, 0.717) is 51.0 Å². The van der Waals surface area contributed by atoms with Gasteiger partial charge < -0.3 is 19.5 Å². The first kappa shape index (κ1) is 27.6. The Bertz CT molecular complexity index is 1470. The van der Waals surface area contributed by atoms with E-state index in [1.165, 1.54) is 19.4 Å². The fraction of sp³-hybridized carbons (Fsp3) is 0.429. The highest BCUT2D eigenvalue weighted by atomic mass is 32.2. The third-order valence-electron chi connectivity index (χ3n) is 7.92. The quantitative estimate of drug-likeness (QED) is 0.462. The van der Waals surface area contributed by atoms with Crippen molar-refractivity contribution >= 4 is 21.8 Å². The third kappa shape index (κ3) is 5.52. The fourth-order valence-electron chi connectivity index (χ4n) is 5.71. The van der Waals surface area contributed by atoms with Crippen molar-refractivity contribution in [3.63, 3.8) is 0 Å². The van der Waals surface area contributed by atoms with E-state index in [1.807, 2.05) is 12.1 Å². The van der Waals surface area contributed by atoms with Crippen LogP contribution in [0.4, 0.5) is 10.5 Å². The van der Waals surface area contributed by atoms with Crippen molar-refractivity contribution in [2.45, 2.75) is 43.3 Å². The Kier molecular flexibility index (Phi) is 8.04. The molecule has 0 radical (unpaired) electrons. The smallest absolute Gasteiger partial charge is 0.409 e. The molecule has 0 saturated carbocycles. The number of fused-ring (bicyclic) bond motifs is 1. The Balaban J connectivity index is 1.50. The number of pyridine rings is 1. The molecule has 4 heterocycles. The van der Waals surface area contributed by atoms with E-state index in [2.05, 4.69) is 32.8 Å². The molecule has 2 aliphatic heterocycles. The van der Waals surface area contributed by atoms with E-state index in [1.54, 1.807) is 39.9 Å². The summed E-state index contributed by atoms with van der Waals surface area (Å²) in [6, 6.07) is 12.2. The molecule has 0 spiro atoms. The molecule has 2 atom stereocenters. The van der Waals surface area contributed by atoms with Gasteiger partial charge in [0.25, 0.3) is 10.0 Å². The Morgan fingerprint density at radius 2 is 2.08 bits per heavy atom. The summed E-state index contributed by atoms with van der Waals surface area (Å²) in [6.45, 7) is 3.83. The predicted molar refractivity (Wildman–Crippen MR) is 148 cm³/mol. The number of nitrogens with one attached hydrogen (secondary N) is 1. The number of aromatic nitrogens is 3. The number of anilines is 1. The Morgan fingerprint density at radius 3 is 2.73 bits per heavy atom. The topological polar surface area (TPSA) is 136 Å². The van der Waals surface area contributed by atoms with Crippen LogP contribution in [-0.2, 0) is 21.2 Å². The lowest BCUT2D eigenvalue weighted by atomic mass is 9.92. The molecule has 0 aliphatic carbocycles. The summed E-state index contributed by atoms with van der Waals surface area (Å²) in [5, 5.41) is 9.59. The molecule has 210 valence electrons. The maximum Gasteiger partial charge on any atom is 0.409 e. The van der Waals surface area contributed by atoms with E-state index in [-0.39, 0.29) is 23.1 Å². The Hall–Kier alpha value is -3.95. The van der Waals surface area contributed by atoms with Crippen LogP contribution < -0.4 is 4.90 Å². The first-order valence-electron chi connectivity index (χ1n) is 13.4. The number of carbonyl (C=O) groups excluding carboxylic acids is 1. The van der Waals surface area contributed by atoms with Crippen LogP contribution in [0.1, 0.15) is 42.6 Å². The second-order valence-electron chi connectivity index (χ2n) is 10.3. The first-order chi connectivity index (χ1) is 19.3. The monoisotopic (exact) mass is 563 g/mol. The van der Waals surface area contributed by atoms with Crippen molar-refractivity contribution in [3.05, 3.63) is 71.9 Å². The van der Waals surface area contributed by atoms with Crippen LogP contribution in [0.25, 0.3) is 0 Å². The molecule has 1 fully saturated rings. The molecule has 1 aromatic carbocycles. The van der Waals surface area contributed by atoms with Crippen molar-refractivity contribution in [3.8, 4) is 6.07 Å². The van der Waals surface area contributed by atoms with Crippen LogP contribution in [0, 0.1) is 17.2 Å². The highest BCUT2D eigenvalue weighted by Gasteiger charge is 2.40. The number of nitriles is 1. The van der Waals surface area contributed by atoms with Gasteiger partial charge >= 0.3 is 6.09 Å². The maximum absolute atomic E-state index is 14.2. The summed E-state index contributed by atoms with van der Waals surface area (Å²) in [5.74, 6) is 0.0599. The van der Waals surface area contributed by atoms with Crippen LogP contribution in [0.2, 0.25) is 0 Å². The molecule has 5 rings (SSSR count). The summed E-state index contributed by atoms with van der Waals surface area (Å²) >= 11 is 0. The summed E-state index contributed by atoms with van der Waals surface area (Å²) in [4.78, 5) is 27.4. The van der Waals surface area contributed by atoms with Gasteiger partial charge in [-0.3, -0.25) is 0 Å². The molecular formula is C28H33N7O4S. The number of likely N-dealkylation sites (tertiary alicyclic amines) is 1. The van der Waals surface area contributed by atoms with Crippen molar-refractivity contribution in [2.24, 2.45) is 5.92 Å². The normalized spacial score (nSPS) is 18.7. The minimum absolute atomic E-state index is 0.00624. The summed E-state index contributed by atoms with van der Waals surface area (Å²) in [5.41, 5.74) is 3.33. The summed E-state index contributed by atoms with van der Waals surface area (Å²) in [6.07, 6.45) is 6.32. The molecule has 1 N–H and O–H groups in total. The highest BCUT2D eigenvalue weighted by Crippen LogP contribution is 2.37. The number of benzene rings is 1. The van der Waals surface area contributed by atoms with Crippen molar-refractivity contribution in [1.29, 1.82) is 5.26 Å². The average Bonchev–Trinajstić information content (AvgIpc) is 3.54. The van der Waals surface area contributed by atoms with Crippen LogP contribution in [0.5, 0.6) is 0 Å². The number of sulfonamides is 1. The highest BCUT2D eigenvalue weighted by molar-refractivity contribution is 7.89. The third-order valence-corrected chi connectivity index (χ3v) is 9.76. The number of aromatic amines is 1. The lowest BCUT2D eigenvalue weighted by molar-refractivity contribution is 0.101. The molecule has 11 nitrogen and oxygen atoms in total. The molecule has 2 unspecified atom stereocenters. The van der Waals surface area contributed by atoms with Gasteiger partial charge in [0, 0.05) is 44.1 Å². The molecule has 40 heavy (non-hydrogen) atoms. The second kappa shape index (κ2) is 11.7. The number of methoxy groups -OCH3 is 1. The van der Waals surface area contributed by atoms with Gasteiger partial charge in [0.2, 0.25) is 0 Å². The number of ether oxygens (including phenoxy) is 1. The first-order valence-corrected chi connectivity index (χ1v) is 14.8. The van der Waals surface area contributed by atoms with Gasteiger partial charge in [0.1, 0.15) is 0 Å². The van der Waals surface area contributed by atoms with Crippen molar-refractivity contribution < 1.29 is 17.9 Å². The molecule has 2 aromatic heterocycles. The van der Waals surface area contributed by atoms with E-state index in [0.717, 1.165) is 16.9 Å². The zero-order valence-electron chi connectivity index (χ0n) is 22.6. The molecule has 1 amide bonds. The number of nitrogens with zero attached hydrogens (tertiary/aromatic N) is 6. The van der Waals surface area contributed by atoms with Crippen LogP contribution >= 0.6 is 0 Å². The van der Waals surface area contributed by atoms with E-state index >= 15 is 0 Å². The number of H-pyrrole nitrogens is 1. The van der Waals surface area contributed by atoms with Crippen LogP contribution in [0.3, 0.4) is 0 Å². The summed E-state index contributed by atoms with van der Waals surface area (Å²) in [7, 11) is -2.59. The minimum Gasteiger partial charge on any atom is -0.453 e. The lowest BCUT2D eigenvalue weighted by Crippen LogP contribution is -2.53. The molecular weight excluding hydrogens is 530 g/mol. The molecule has 0 bridgehead atoms. The second-order valence-corrected chi connectivity index (χ2v) is 12.1. The number of piperidine rings is 1. The van der Waals surface area contributed by atoms with Crippen LogP contribution in [0.15, 0.2) is 60.1 Å². The van der Waals surface area contributed by atoms with Crippen molar-refractivity contribution in [1.82, 2.24) is 24.2 Å². The Morgan fingerprint density at radius 1 is 1.27 bits per heavy atom. The zero-order chi connectivity index (χ0) is 28.3. The molecule has 2 aliphatic rings.